The maximum Gasteiger partial charge on any atom is 0.240 e. The molecular formula is C19H24N4O2S. The van der Waals surface area contributed by atoms with Crippen LogP contribution in [0.25, 0.3) is 0 Å². The Morgan fingerprint density at radius 1 is 1.12 bits per heavy atom. The smallest absolute Gasteiger partial charge is 0.240 e. The highest BCUT2D eigenvalue weighted by atomic mass is 32.2. The largest absolute Gasteiger partial charge is 0.352 e. The molecule has 0 unspecified atom stereocenters. The number of fused-ring (bicyclic) bond motifs is 1. The lowest BCUT2D eigenvalue weighted by Crippen LogP contribution is -2.43. The van der Waals surface area contributed by atoms with Gasteiger partial charge in [0.2, 0.25) is 10.0 Å². The lowest BCUT2D eigenvalue weighted by molar-refractivity contribution is 0.378. The van der Waals surface area contributed by atoms with Crippen LogP contribution in [0.5, 0.6) is 0 Å². The van der Waals surface area contributed by atoms with Crippen molar-refractivity contribution in [1.82, 2.24) is 14.9 Å². The SMILES string of the molecule is CN=C(NCc1ccc(S(=O)(=O)NC)cc1)N1CCc2ccccc2C1. The fraction of sp³-hybridized carbons (Fsp3) is 0.316. The molecule has 2 aromatic carbocycles. The van der Waals surface area contributed by atoms with Gasteiger partial charge in [-0.25, -0.2) is 13.1 Å². The maximum absolute atomic E-state index is 11.8. The number of hydrogen-bond acceptors (Lipinski definition) is 3. The third-order valence-electron chi connectivity index (χ3n) is 4.59. The molecule has 0 aliphatic carbocycles. The van der Waals surface area contributed by atoms with Gasteiger partial charge in [0.05, 0.1) is 4.90 Å². The van der Waals surface area contributed by atoms with Gasteiger partial charge in [-0.05, 0) is 42.3 Å². The molecule has 0 radical (unpaired) electrons. The molecular weight excluding hydrogens is 348 g/mol. The monoisotopic (exact) mass is 372 g/mol. The Kier molecular flexibility index (Phi) is 5.58. The van der Waals surface area contributed by atoms with E-state index in [1.165, 1.54) is 18.2 Å². The Morgan fingerprint density at radius 2 is 1.81 bits per heavy atom. The standard InChI is InChI=1S/C19H24N4O2S/c1-20-19(23-12-11-16-5-3-4-6-17(16)14-23)22-13-15-7-9-18(10-8-15)26(24,25)21-2/h3-10,21H,11-14H2,1-2H3,(H,20,22). The summed E-state index contributed by atoms with van der Waals surface area (Å²) in [6.45, 7) is 2.36. The third kappa shape index (κ3) is 4.05. The summed E-state index contributed by atoms with van der Waals surface area (Å²) in [5.41, 5.74) is 3.74. The predicted molar refractivity (Wildman–Crippen MR) is 103 cm³/mol. The van der Waals surface area contributed by atoms with Gasteiger partial charge in [0.1, 0.15) is 0 Å². The molecule has 2 N–H and O–H groups in total. The van der Waals surface area contributed by atoms with E-state index in [4.69, 9.17) is 0 Å². The fourth-order valence-corrected chi connectivity index (χ4v) is 3.82. The Labute approximate surface area is 155 Å². The highest BCUT2D eigenvalue weighted by Gasteiger charge is 2.18. The molecule has 0 saturated carbocycles. The van der Waals surface area contributed by atoms with Crippen molar-refractivity contribution in [2.75, 3.05) is 20.6 Å². The van der Waals surface area contributed by atoms with E-state index in [0.717, 1.165) is 31.0 Å². The average molecular weight is 372 g/mol. The summed E-state index contributed by atoms with van der Waals surface area (Å²) in [6, 6.07) is 15.4. The number of aliphatic imine (C=N–C) groups is 1. The van der Waals surface area contributed by atoms with E-state index < -0.39 is 10.0 Å². The van der Waals surface area contributed by atoms with Crippen molar-refractivity contribution in [2.45, 2.75) is 24.4 Å². The minimum Gasteiger partial charge on any atom is -0.352 e. The van der Waals surface area contributed by atoms with Crippen LogP contribution in [0, 0.1) is 0 Å². The summed E-state index contributed by atoms with van der Waals surface area (Å²) in [5, 5.41) is 3.37. The van der Waals surface area contributed by atoms with Crippen molar-refractivity contribution in [3.05, 3.63) is 65.2 Å². The zero-order chi connectivity index (χ0) is 18.6. The van der Waals surface area contributed by atoms with Crippen LogP contribution in [0.4, 0.5) is 0 Å². The van der Waals surface area contributed by atoms with E-state index in [1.807, 2.05) is 12.1 Å². The first-order valence-electron chi connectivity index (χ1n) is 8.58. The van der Waals surface area contributed by atoms with Gasteiger partial charge in [-0.3, -0.25) is 4.99 Å². The molecule has 0 atom stereocenters. The molecule has 0 amide bonds. The number of guanidine groups is 1. The normalized spacial score (nSPS) is 14.8. The Morgan fingerprint density at radius 3 is 2.46 bits per heavy atom. The van der Waals surface area contributed by atoms with E-state index in [2.05, 4.69) is 44.2 Å². The summed E-state index contributed by atoms with van der Waals surface area (Å²) < 4.78 is 25.9. The quantitative estimate of drug-likeness (QED) is 0.633. The Bertz CT molecular complexity index is 892. The Balaban J connectivity index is 1.63. The first-order chi connectivity index (χ1) is 12.5. The molecule has 26 heavy (non-hydrogen) atoms. The van der Waals surface area contributed by atoms with Crippen LogP contribution in [0.15, 0.2) is 58.4 Å². The molecule has 0 bridgehead atoms. The molecule has 6 nitrogen and oxygen atoms in total. The molecule has 0 aromatic heterocycles. The van der Waals surface area contributed by atoms with Gasteiger partial charge in [-0.15, -0.1) is 0 Å². The highest BCUT2D eigenvalue weighted by Crippen LogP contribution is 2.18. The summed E-state index contributed by atoms with van der Waals surface area (Å²) in [6.07, 6.45) is 1.01. The molecule has 1 aliphatic rings. The van der Waals surface area contributed by atoms with Gasteiger partial charge in [-0.2, -0.15) is 0 Å². The van der Waals surface area contributed by atoms with Crippen LogP contribution in [-0.4, -0.2) is 39.9 Å². The van der Waals surface area contributed by atoms with Gasteiger partial charge >= 0.3 is 0 Å². The van der Waals surface area contributed by atoms with E-state index >= 15 is 0 Å². The van der Waals surface area contributed by atoms with Crippen molar-refractivity contribution in [3.8, 4) is 0 Å². The van der Waals surface area contributed by atoms with Crippen molar-refractivity contribution >= 4 is 16.0 Å². The number of rotatable bonds is 4. The molecule has 0 spiro atoms. The van der Waals surface area contributed by atoms with Crippen LogP contribution in [-0.2, 0) is 29.5 Å². The lowest BCUT2D eigenvalue weighted by atomic mass is 10.0. The van der Waals surface area contributed by atoms with Gasteiger partial charge in [-0.1, -0.05) is 36.4 Å². The van der Waals surface area contributed by atoms with Gasteiger partial charge < -0.3 is 10.2 Å². The predicted octanol–water partition coefficient (Wildman–Crippen LogP) is 1.73. The van der Waals surface area contributed by atoms with Crippen LogP contribution in [0.2, 0.25) is 0 Å². The molecule has 0 fully saturated rings. The van der Waals surface area contributed by atoms with E-state index in [1.54, 1.807) is 19.2 Å². The topological polar surface area (TPSA) is 73.8 Å². The molecule has 7 heteroatoms. The zero-order valence-electron chi connectivity index (χ0n) is 15.1. The van der Waals surface area contributed by atoms with E-state index in [-0.39, 0.29) is 4.90 Å². The molecule has 0 saturated heterocycles. The van der Waals surface area contributed by atoms with Crippen molar-refractivity contribution in [3.63, 3.8) is 0 Å². The average Bonchev–Trinajstić information content (AvgIpc) is 2.68. The number of nitrogens with one attached hydrogen (secondary N) is 2. The van der Waals surface area contributed by atoms with Gasteiger partial charge in [0.25, 0.3) is 0 Å². The second-order valence-corrected chi connectivity index (χ2v) is 8.08. The van der Waals surface area contributed by atoms with Crippen molar-refractivity contribution < 1.29 is 8.42 Å². The van der Waals surface area contributed by atoms with Crippen molar-refractivity contribution in [2.24, 2.45) is 4.99 Å². The molecule has 3 rings (SSSR count). The van der Waals surface area contributed by atoms with E-state index in [0.29, 0.717) is 6.54 Å². The summed E-state index contributed by atoms with van der Waals surface area (Å²) >= 11 is 0. The minimum absolute atomic E-state index is 0.265. The molecule has 138 valence electrons. The number of nitrogens with zero attached hydrogens (tertiary/aromatic N) is 2. The molecule has 1 aliphatic heterocycles. The van der Waals surface area contributed by atoms with Crippen LogP contribution >= 0.6 is 0 Å². The number of hydrogen-bond donors (Lipinski definition) is 2. The maximum atomic E-state index is 11.8. The molecule has 1 heterocycles. The molecule has 2 aromatic rings. The van der Waals surface area contributed by atoms with Crippen LogP contribution in [0.1, 0.15) is 16.7 Å². The zero-order valence-corrected chi connectivity index (χ0v) is 15.9. The fourth-order valence-electron chi connectivity index (χ4n) is 3.09. The lowest BCUT2D eigenvalue weighted by Gasteiger charge is -2.31. The number of sulfonamides is 1. The van der Waals surface area contributed by atoms with Crippen LogP contribution < -0.4 is 10.0 Å². The second kappa shape index (κ2) is 7.88. The summed E-state index contributed by atoms with van der Waals surface area (Å²) in [5.74, 6) is 0.853. The summed E-state index contributed by atoms with van der Waals surface area (Å²) in [7, 11) is -0.207. The second-order valence-electron chi connectivity index (χ2n) is 6.19. The first kappa shape index (κ1) is 18.4. The number of benzene rings is 2. The first-order valence-corrected chi connectivity index (χ1v) is 10.1. The van der Waals surface area contributed by atoms with E-state index in [9.17, 15) is 8.42 Å². The van der Waals surface area contributed by atoms with Gasteiger partial charge in [0.15, 0.2) is 5.96 Å². The minimum atomic E-state index is -3.40. The van der Waals surface area contributed by atoms with Gasteiger partial charge in [0, 0.05) is 26.7 Å². The Hall–Kier alpha value is -2.38. The third-order valence-corrected chi connectivity index (χ3v) is 6.03. The summed E-state index contributed by atoms with van der Waals surface area (Å²) in [4.78, 5) is 6.90. The van der Waals surface area contributed by atoms with Crippen LogP contribution in [0.3, 0.4) is 0 Å². The highest BCUT2D eigenvalue weighted by molar-refractivity contribution is 7.89. The van der Waals surface area contributed by atoms with Crippen molar-refractivity contribution in [1.29, 1.82) is 0 Å².